The number of rotatable bonds is 11. The monoisotopic (exact) mass is 631 g/mol. The van der Waals surface area contributed by atoms with Crippen molar-refractivity contribution < 1.29 is 19.2 Å². The van der Waals surface area contributed by atoms with E-state index in [1.807, 2.05) is 24.3 Å². The molecule has 1 aliphatic carbocycles. The van der Waals surface area contributed by atoms with Gasteiger partial charge in [-0.15, -0.1) is 20.4 Å². The van der Waals surface area contributed by atoms with Gasteiger partial charge in [-0.3, -0.25) is 19.2 Å². The Hall–Kier alpha value is -4.36. The highest BCUT2D eigenvalue weighted by atomic mass is 32.1. The minimum Gasteiger partial charge on any atom is -0.326 e. The normalized spacial score (nSPS) is 16.2. The number of hydrogen-bond acceptors (Lipinski definition) is 10. The fourth-order valence-corrected chi connectivity index (χ4v) is 7.02. The van der Waals surface area contributed by atoms with Crippen molar-refractivity contribution in [3.05, 3.63) is 75.2 Å². The predicted octanol–water partition coefficient (Wildman–Crippen LogP) is 5.28. The van der Waals surface area contributed by atoms with E-state index in [9.17, 15) is 19.2 Å². The Kier molecular flexibility index (Phi) is 10.2. The molecule has 3 amide bonds. The smallest absolute Gasteiger partial charge is 0.230 e. The first-order valence-corrected chi connectivity index (χ1v) is 16.0. The maximum absolute atomic E-state index is 12.6. The molecule has 4 aromatic rings. The van der Waals surface area contributed by atoms with Crippen LogP contribution in [0.1, 0.15) is 78.1 Å². The molecular weight excluding hydrogens is 599 g/mol. The average molecular weight is 632 g/mol. The highest BCUT2D eigenvalue weighted by molar-refractivity contribution is 7.15. The summed E-state index contributed by atoms with van der Waals surface area (Å²) in [6.07, 6.45) is 4.59. The van der Waals surface area contributed by atoms with Crippen LogP contribution in [0.3, 0.4) is 0 Å². The second-order valence-corrected chi connectivity index (χ2v) is 13.0. The molecule has 0 bridgehead atoms. The van der Waals surface area contributed by atoms with Gasteiger partial charge < -0.3 is 16.0 Å². The van der Waals surface area contributed by atoms with Gasteiger partial charge in [0.1, 0.15) is 15.8 Å². The molecule has 44 heavy (non-hydrogen) atoms. The molecule has 2 heterocycles. The van der Waals surface area contributed by atoms with Crippen molar-refractivity contribution in [3.63, 3.8) is 0 Å². The quantitative estimate of drug-likeness (QED) is 0.202. The third-order valence-corrected chi connectivity index (χ3v) is 9.23. The molecule has 2 aromatic heterocycles. The summed E-state index contributed by atoms with van der Waals surface area (Å²) in [6.45, 7) is 3.00. The van der Waals surface area contributed by atoms with Crippen molar-refractivity contribution in [1.82, 2.24) is 20.4 Å². The first kappa shape index (κ1) is 31.1. The van der Waals surface area contributed by atoms with Crippen molar-refractivity contribution >= 4 is 62.1 Å². The Bertz CT molecular complexity index is 1510. The molecule has 0 unspecified atom stereocenters. The molecule has 11 nitrogen and oxygen atoms in total. The van der Waals surface area contributed by atoms with Crippen molar-refractivity contribution in [2.24, 2.45) is 0 Å². The first-order valence-electron chi connectivity index (χ1n) is 14.4. The molecule has 0 radical (unpaired) electrons. The zero-order chi connectivity index (χ0) is 31.1. The molecule has 13 heteroatoms. The van der Waals surface area contributed by atoms with E-state index in [0.29, 0.717) is 22.4 Å². The number of amides is 3. The fourth-order valence-electron chi connectivity index (χ4n) is 5.21. The zero-order valence-electron chi connectivity index (χ0n) is 24.5. The van der Waals surface area contributed by atoms with Gasteiger partial charge in [0.25, 0.3) is 0 Å². The van der Waals surface area contributed by atoms with Gasteiger partial charge in [0.15, 0.2) is 0 Å². The lowest BCUT2D eigenvalue weighted by Crippen LogP contribution is -2.14. The Morgan fingerprint density at radius 3 is 1.57 bits per heavy atom. The average Bonchev–Trinajstić information content (AvgIpc) is 3.65. The number of Topliss-reactive ketones (excluding diaryl/α,β-unsaturated/α-hetero) is 1. The molecular formula is C31H33N7O4S2. The van der Waals surface area contributed by atoms with E-state index in [1.54, 1.807) is 31.2 Å². The number of anilines is 3. The number of carbonyl (C=O) groups is 4. The summed E-state index contributed by atoms with van der Waals surface area (Å²) in [5.41, 5.74) is 3.29. The summed E-state index contributed by atoms with van der Waals surface area (Å²) < 4.78 is 0. The zero-order valence-corrected chi connectivity index (χ0v) is 26.1. The number of nitrogens with zero attached hydrogens (tertiary/aromatic N) is 4. The molecule has 0 aliphatic heterocycles. The van der Waals surface area contributed by atoms with E-state index < -0.39 is 0 Å². The van der Waals surface area contributed by atoms with Crippen LogP contribution in [0, 0.1) is 0 Å². The summed E-state index contributed by atoms with van der Waals surface area (Å²) in [6, 6.07) is 14.6. The number of hydrogen-bond donors (Lipinski definition) is 3. The highest BCUT2D eigenvalue weighted by Crippen LogP contribution is 2.43. The van der Waals surface area contributed by atoms with Gasteiger partial charge in [0.05, 0.1) is 12.8 Å². The van der Waals surface area contributed by atoms with Crippen LogP contribution < -0.4 is 16.0 Å². The topological polar surface area (TPSA) is 156 Å². The summed E-state index contributed by atoms with van der Waals surface area (Å²) >= 11 is 2.80. The van der Waals surface area contributed by atoms with Crippen LogP contribution in [0.4, 0.5) is 16.0 Å². The van der Waals surface area contributed by atoms with Crippen LogP contribution in [-0.4, -0.2) is 43.9 Å². The number of aromatic nitrogens is 4. The van der Waals surface area contributed by atoms with Gasteiger partial charge >= 0.3 is 0 Å². The molecule has 228 valence electrons. The Balaban J connectivity index is 1.11. The molecule has 3 N–H and O–H groups in total. The third kappa shape index (κ3) is 8.83. The number of benzene rings is 2. The number of carbonyl (C=O) groups excluding carboxylic acids is 4. The van der Waals surface area contributed by atoms with Crippen LogP contribution in [0.2, 0.25) is 0 Å². The first-order chi connectivity index (χ1) is 21.2. The SMILES string of the molecule is CC(=O)Cc1ccc(CC(=O)Nc2nnc([C@H]3CCC[C@H](c4nnc(NC(=O)Cc5ccc(NC(C)=O)cc5)s4)C3)s2)cc1. The highest BCUT2D eigenvalue weighted by Gasteiger charge is 2.29. The van der Waals surface area contributed by atoms with Gasteiger partial charge in [0, 0.05) is 30.9 Å². The lowest BCUT2D eigenvalue weighted by Gasteiger charge is -2.25. The summed E-state index contributed by atoms with van der Waals surface area (Å²) in [4.78, 5) is 47.7. The number of nitrogens with one attached hydrogen (secondary N) is 3. The lowest BCUT2D eigenvalue weighted by atomic mass is 9.82. The van der Waals surface area contributed by atoms with Crippen LogP contribution in [0.25, 0.3) is 0 Å². The van der Waals surface area contributed by atoms with Gasteiger partial charge in [-0.1, -0.05) is 65.5 Å². The molecule has 1 fully saturated rings. The minimum atomic E-state index is -0.185. The molecule has 1 saturated carbocycles. The van der Waals surface area contributed by atoms with Crippen molar-refractivity contribution in [2.45, 2.75) is 70.6 Å². The predicted molar refractivity (Wildman–Crippen MR) is 170 cm³/mol. The molecule has 2 atom stereocenters. The van der Waals surface area contributed by atoms with Crippen molar-refractivity contribution in [2.75, 3.05) is 16.0 Å². The van der Waals surface area contributed by atoms with Crippen molar-refractivity contribution in [3.8, 4) is 0 Å². The summed E-state index contributed by atoms with van der Waals surface area (Å²) in [7, 11) is 0. The Labute approximate surface area is 262 Å². The minimum absolute atomic E-state index is 0.101. The summed E-state index contributed by atoms with van der Waals surface area (Å²) in [5.74, 6) is 0.00329. The lowest BCUT2D eigenvalue weighted by molar-refractivity contribution is -0.117. The van der Waals surface area contributed by atoms with Crippen LogP contribution >= 0.6 is 22.7 Å². The number of ketones is 1. The van der Waals surface area contributed by atoms with E-state index in [0.717, 1.165) is 52.4 Å². The van der Waals surface area contributed by atoms with E-state index in [2.05, 4.69) is 36.3 Å². The van der Waals surface area contributed by atoms with Gasteiger partial charge in [-0.2, -0.15) is 0 Å². The van der Waals surface area contributed by atoms with E-state index >= 15 is 0 Å². The van der Waals surface area contributed by atoms with E-state index in [1.165, 1.54) is 29.6 Å². The standard InChI is InChI=1S/C31H33N7O4S2/c1-18(39)14-20-6-8-21(9-7-20)15-26(41)33-30-37-35-28(43-30)23-4-3-5-24(17-23)29-36-38-31(44-29)34-27(42)16-22-10-12-25(13-11-22)32-19(2)40/h6-13,23-24H,3-5,14-17H2,1-2H3,(H,32,40)(H,33,37,41)(H,34,38,42)/t23-,24-/m0/s1. The Morgan fingerprint density at radius 1 is 0.659 bits per heavy atom. The van der Waals surface area contributed by atoms with Gasteiger partial charge in [0.2, 0.25) is 28.0 Å². The molecule has 1 aliphatic rings. The third-order valence-electron chi connectivity index (χ3n) is 7.23. The Morgan fingerprint density at radius 2 is 1.11 bits per heavy atom. The molecule has 2 aromatic carbocycles. The van der Waals surface area contributed by atoms with Crippen LogP contribution in [0.15, 0.2) is 48.5 Å². The van der Waals surface area contributed by atoms with Crippen LogP contribution in [-0.2, 0) is 38.4 Å². The largest absolute Gasteiger partial charge is 0.326 e. The maximum atomic E-state index is 12.6. The second kappa shape index (κ2) is 14.4. The van der Waals surface area contributed by atoms with Crippen molar-refractivity contribution in [1.29, 1.82) is 0 Å². The van der Waals surface area contributed by atoms with Crippen LogP contribution in [0.5, 0.6) is 0 Å². The molecule has 0 saturated heterocycles. The maximum Gasteiger partial charge on any atom is 0.230 e. The molecule has 0 spiro atoms. The second-order valence-electron chi connectivity index (χ2n) is 11.0. The fraction of sp³-hybridized carbons (Fsp3) is 0.355. The summed E-state index contributed by atoms with van der Waals surface area (Å²) in [5, 5.41) is 28.3. The van der Waals surface area contributed by atoms with Gasteiger partial charge in [-0.25, -0.2) is 0 Å². The van der Waals surface area contributed by atoms with E-state index in [-0.39, 0.29) is 48.2 Å². The van der Waals surface area contributed by atoms with E-state index in [4.69, 9.17) is 0 Å². The molecule has 5 rings (SSSR count). The van der Waals surface area contributed by atoms with Gasteiger partial charge in [-0.05, 0) is 55.0 Å².